The van der Waals surface area contributed by atoms with Crippen LogP contribution in [0.3, 0.4) is 0 Å². The quantitative estimate of drug-likeness (QED) is 0.387. The Balaban J connectivity index is 2.62. The Morgan fingerprint density at radius 1 is 1.38 bits per heavy atom. The summed E-state index contributed by atoms with van der Waals surface area (Å²) < 4.78 is 0. The molecule has 0 bridgehead atoms. The zero-order valence-electron chi connectivity index (χ0n) is 13.6. The molecule has 1 rings (SSSR count). The number of nitrogens with two attached hydrogens (primary N) is 1. The molecule has 10 heteroatoms. The van der Waals surface area contributed by atoms with E-state index in [9.17, 15) is 24.3 Å². The summed E-state index contributed by atoms with van der Waals surface area (Å²) in [4.78, 5) is 48.2. The van der Waals surface area contributed by atoms with Gasteiger partial charge in [0, 0.05) is 6.54 Å². The number of carboxylic acids is 1. The summed E-state index contributed by atoms with van der Waals surface area (Å²) in [6.45, 7) is -0.0421. The minimum atomic E-state index is -1.09. The van der Waals surface area contributed by atoms with Gasteiger partial charge in [0.25, 0.3) is 0 Å². The molecule has 1 aliphatic rings. The number of amides is 3. The van der Waals surface area contributed by atoms with Gasteiger partial charge in [0.1, 0.15) is 12.1 Å². The zero-order valence-corrected chi connectivity index (χ0v) is 14.4. The molecule has 1 aliphatic heterocycles. The van der Waals surface area contributed by atoms with Gasteiger partial charge < -0.3 is 26.4 Å². The number of carbonyl (C=O) groups excluding carboxylic acids is 3. The number of hydrogen-bond donors (Lipinski definition) is 4. The van der Waals surface area contributed by atoms with Crippen molar-refractivity contribution in [2.45, 2.75) is 31.3 Å². The van der Waals surface area contributed by atoms with Gasteiger partial charge in [-0.1, -0.05) is 0 Å². The summed E-state index contributed by atoms with van der Waals surface area (Å²) in [6.07, 6.45) is 3.29. The molecule has 1 heterocycles. The van der Waals surface area contributed by atoms with Crippen LogP contribution in [0.25, 0.3) is 0 Å². The number of likely N-dealkylation sites (tertiary alicyclic amines) is 1. The summed E-state index contributed by atoms with van der Waals surface area (Å²) in [6, 6.07) is -1.68. The molecule has 0 radical (unpaired) electrons. The molecule has 0 aromatic carbocycles. The number of nitrogens with one attached hydrogen (secondary N) is 2. The van der Waals surface area contributed by atoms with Crippen molar-refractivity contribution in [3.8, 4) is 0 Å². The summed E-state index contributed by atoms with van der Waals surface area (Å²) >= 11 is 1.49. The number of rotatable bonds is 9. The first-order valence-electron chi connectivity index (χ1n) is 7.69. The van der Waals surface area contributed by atoms with Gasteiger partial charge in [-0.2, -0.15) is 11.8 Å². The van der Waals surface area contributed by atoms with Crippen LogP contribution in [0.4, 0.5) is 0 Å². The fourth-order valence-corrected chi connectivity index (χ4v) is 2.92. The van der Waals surface area contributed by atoms with E-state index in [-0.39, 0.29) is 19.0 Å². The molecule has 2 atom stereocenters. The monoisotopic (exact) mass is 360 g/mol. The summed E-state index contributed by atoms with van der Waals surface area (Å²) in [5.74, 6) is -1.80. The van der Waals surface area contributed by atoms with Crippen LogP contribution in [0.15, 0.2) is 0 Å². The van der Waals surface area contributed by atoms with Crippen molar-refractivity contribution in [2.24, 2.45) is 5.73 Å². The average molecular weight is 360 g/mol. The van der Waals surface area contributed by atoms with Crippen molar-refractivity contribution in [1.29, 1.82) is 0 Å². The van der Waals surface area contributed by atoms with Gasteiger partial charge in [0.2, 0.25) is 17.7 Å². The largest absolute Gasteiger partial charge is 0.480 e. The second-order valence-electron chi connectivity index (χ2n) is 5.41. The minimum Gasteiger partial charge on any atom is -0.480 e. The van der Waals surface area contributed by atoms with E-state index >= 15 is 0 Å². The molecule has 1 fully saturated rings. The third-order valence-corrected chi connectivity index (χ3v) is 4.37. The normalized spacial score (nSPS) is 18.1. The molecular weight excluding hydrogens is 336 g/mol. The summed E-state index contributed by atoms with van der Waals surface area (Å²) in [7, 11) is 0. The fraction of sp³-hybridized carbons (Fsp3) is 0.714. The van der Waals surface area contributed by atoms with Gasteiger partial charge in [-0.05, 0) is 31.3 Å². The van der Waals surface area contributed by atoms with E-state index in [1.165, 1.54) is 16.7 Å². The first-order chi connectivity index (χ1) is 11.4. The number of carbonyl (C=O) groups is 4. The van der Waals surface area contributed by atoms with Crippen molar-refractivity contribution in [1.82, 2.24) is 15.5 Å². The van der Waals surface area contributed by atoms with Gasteiger partial charge in [0.05, 0.1) is 13.1 Å². The summed E-state index contributed by atoms with van der Waals surface area (Å²) in [5.41, 5.74) is 5.15. The van der Waals surface area contributed by atoms with E-state index in [4.69, 9.17) is 5.73 Å². The van der Waals surface area contributed by atoms with Gasteiger partial charge in [0.15, 0.2) is 0 Å². The lowest BCUT2D eigenvalue weighted by molar-refractivity contribution is -0.144. The van der Waals surface area contributed by atoms with Crippen molar-refractivity contribution < 1.29 is 24.3 Å². The highest BCUT2D eigenvalue weighted by Gasteiger charge is 2.35. The maximum absolute atomic E-state index is 12.4. The molecule has 5 N–H and O–H groups in total. The topological polar surface area (TPSA) is 142 Å². The third kappa shape index (κ3) is 6.00. The molecular formula is C14H24N4O5S. The Morgan fingerprint density at radius 2 is 2.08 bits per heavy atom. The van der Waals surface area contributed by atoms with E-state index in [1.807, 2.05) is 6.26 Å². The second-order valence-corrected chi connectivity index (χ2v) is 6.39. The van der Waals surface area contributed by atoms with Crippen LogP contribution < -0.4 is 16.4 Å². The third-order valence-electron chi connectivity index (χ3n) is 3.72. The van der Waals surface area contributed by atoms with Crippen LogP contribution in [0.1, 0.15) is 19.3 Å². The molecule has 9 nitrogen and oxygen atoms in total. The number of aliphatic carboxylic acids is 1. The number of nitrogens with zero attached hydrogens (tertiary/aromatic N) is 1. The molecule has 0 spiro atoms. The highest BCUT2D eigenvalue weighted by Crippen LogP contribution is 2.18. The van der Waals surface area contributed by atoms with Crippen LogP contribution in [-0.2, 0) is 19.2 Å². The molecule has 24 heavy (non-hydrogen) atoms. The van der Waals surface area contributed by atoms with Crippen molar-refractivity contribution in [3.63, 3.8) is 0 Å². The van der Waals surface area contributed by atoms with Gasteiger partial charge >= 0.3 is 5.97 Å². The first-order valence-corrected chi connectivity index (χ1v) is 9.08. The first kappa shape index (κ1) is 20.2. The van der Waals surface area contributed by atoms with E-state index in [1.54, 1.807) is 0 Å². The predicted molar refractivity (Wildman–Crippen MR) is 89.4 cm³/mol. The summed E-state index contributed by atoms with van der Waals surface area (Å²) in [5, 5.41) is 14.0. The van der Waals surface area contributed by atoms with Gasteiger partial charge in [-0.25, -0.2) is 4.79 Å². The van der Waals surface area contributed by atoms with Crippen LogP contribution in [-0.4, -0.2) is 77.4 Å². The lowest BCUT2D eigenvalue weighted by atomic mass is 10.1. The lowest BCUT2D eigenvalue weighted by Gasteiger charge is -2.25. The second kappa shape index (κ2) is 10.1. The molecule has 0 saturated carbocycles. The smallest absolute Gasteiger partial charge is 0.326 e. The predicted octanol–water partition coefficient (Wildman–Crippen LogP) is -1.63. The Morgan fingerprint density at radius 3 is 2.67 bits per heavy atom. The van der Waals surface area contributed by atoms with Gasteiger partial charge in [-0.15, -0.1) is 0 Å². The highest BCUT2D eigenvalue weighted by atomic mass is 32.2. The van der Waals surface area contributed by atoms with E-state index < -0.39 is 29.9 Å². The minimum absolute atomic E-state index is 0.215. The van der Waals surface area contributed by atoms with Crippen molar-refractivity contribution >= 4 is 35.5 Å². The number of hydrogen-bond acceptors (Lipinski definition) is 6. The maximum atomic E-state index is 12.4. The van der Waals surface area contributed by atoms with Crippen LogP contribution in [0, 0.1) is 0 Å². The van der Waals surface area contributed by atoms with E-state index in [0.29, 0.717) is 31.6 Å². The Bertz CT molecular complexity index is 488. The molecule has 0 aromatic heterocycles. The average Bonchev–Trinajstić information content (AvgIpc) is 3.05. The molecule has 1 saturated heterocycles. The lowest BCUT2D eigenvalue weighted by Crippen LogP contribution is -2.52. The van der Waals surface area contributed by atoms with E-state index in [0.717, 1.165) is 0 Å². The molecule has 0 aromatic rings. The fourth-order valence-electron chi connectivity index (χ4n) is 2.45. The molecule has 3 amide bonds. The Hall–Kier alpha value is -1.81. The molecule has 136 valence electrons. The van der Waals surface area contributed by atoms with Crippen LogP contribution >= 0.6 is 11.8 Å². The standard InChI is InChI=1S/C14H24N4O5S/c1-24-6-4-9(14(22)23)17-13(21)10-3-2-5-18(10)12(20)8-16-11(19)7-15/h9-10H,2-8,15H2,1H3,(H,16,19)(H,17,21)(H,22,23). The van der Waals surface area contributed by atoms with Crippen molar-refractivity contribution in [3.05, 3.63) is 0 Å². The van der Waals surface area contributed by atoms with Crippen molar-refractivity contribution in [2.75, 3.05) is 31.6 Å². The van der Waals surface area contributed by atoms with Gasteiger partial charge in [-0.3, -0.25) is 14.4 Å². The number of carboxylic acid groups (broad SMARTS) is 1. The Labute approximate surface area is 144 Å². The van der Waals surface area contributed by atoms with Crippen LogP contribution in [0.5, 0.6) is 0 Å². The number of thioether (sulfide) groups is 1. The Kier molecular flexibility index (Phi) is 8.55. The van der Waals surface area contributed by atoms with Crippen LogP contribution in [0.2, 0.25) is 0 Å². The highest BCUT2D eigenvalue weighted by molar-refractivity contribution is 7.98. The maximum Gasteiger partial charge on any atom is 0.326 e. The zero-order chi connectivity index (χ0) is 18.1. The molecule has 2 unspecified atom stereocenters. The SMILES string of the molecule is CSCCC(NC(=O)C1CCCN1C(=O)CNC(=O)CN)C(=O)O. The molecule has 0 aliphatic carbocycles. The van der Waals surface area contributed by atoms with E-state index in [2.05, 4.69) is 10.6 Å².